The summed E-state index contributed by atoms with van der Waals surface area (Å²) in [6, 6.07) is 0. The molecule has 12 fully saturated rings. The zero-order valence-electron chi connectivity index (χ0n) is 27.0. The van der Waals surface area contributed by atoms with Crippen LogP contribution >= 0.6 is 0 Å². The van der Waals surface area contributed by atoms with Gasteiger partial charge in [-0.05, 0) is 164 Å². The number of terminal acetylenes is 3. The first-order chi connectivity index (χ1) is 18.9. The minimum absolute atomic E-state index is 0.0619. The van der Waals surface area contributed by atoms with Crippen LogP contribution in [0.1, 0.15) is 150 Å². The standard InChI is InChI=1S/C41H54/c1-9-35-14-30(4)12-31(5,15-35)20-38(19-30,25-35)40-23-34(8)18-37(11-3,27-40)28-41(24-34,29-40)39-21-32(6)13-33(7,22-39)17-36(10-2,16-32)26-39/h1-3H,12-29H2,4-8H3. The SMILES string of the molecule is C#CC12CC3(C)CC(C)(C1)CC(C14CC5(C)CC(C#C)(C1)CC(C16CC7(C)CC(C)(CC(C#C)(C7)C1)C6)(C5)C4)(C3)C2. The van der Waals surface area contributed by atoms with Crippen LogP contribution in [0.3, 0.4) is 0 Å². The van der Waals surface area contributed by atoms with Crippen molar-refractivity contribution in [3.8, 4) is 37.0 Å². The molecule has 0 aromatic heterocycles. The molecule has 0 heterocycles. The van der Waals surface area contributed by atoms with E-state index in [-0.39, 0.29) is 16.2 Å². The molecule has 0 aromatic carbocycles. The van der Waals surface area contributed by atoms with Crippen molar-refractivity contribution in [2.45, 2.75) is 150 Å². The van der Waals surface area contributed by atoms with Gasteiger partial charge >= 0.3 is 0 Å². The van der Waals surface area contributed by atoms with Crippen LogP contribution < -0.4 is 0 Å². The van der Waals surface area contributed by atoms with Crippen LogP contribution in [0.15, 0.2) is 0 Å². The van der Waals surface area contributed by atoms with Crippen LogP contribution in [0.25, 0.3) is 0 Å². The van der Waals surface area contributed by atoms with Gasteiger partial charge in [0.25, 0.3) is 0 Å². The molecule has 0 N–H and O–H groups in total. The van der Waals surface area contributed by atoms with E-state index in [1.807, 2.05) is 0 Å². The van der Waals surface area contributed by atoms with Crippen LogP contribution in [0.5, 0.6) is 0 Å². The topological polar surface area (TPSA) is 0 Å². The molecule has 6 unspecified atom stereocenters. The number of hydrogen-bond donors (Lipinski definition) is 0. The zero-order valence-corrected chi connectivity index (χ0v) is 27.0. The van der Waals surface area contributed by atoms with E-state index in [9.17, 15) is 0 Å². The molecular formula is C41H54. The van der Waals surface area contributed by atoms with Gasteiger partial charge in [-0.1, -0.05) is 52.4 Å². The Kier molecular flexibility index (Phi) is 4.16. The van der Waals surface area contributed by atoms with E-state index in [1.54, 1.807) is 0 Å². The molecule has 0 aromatic rings. The van der Waals surface area contributed by atoms with Crippen molar-refractivity contribution in [3.63, 3.8) is 0 Å². The van der Waals surface area contributed by atoms with E-state index >= 15 is 0 Å². The Labute approximate surface area is 251 Å². The summed E-state index contributed by atoms with van der Waals surface area (Å²) >= 11 is 0. The highest BCUT2D eigenvalue weighted by Crippen LogP contribution is 2.89. The second-order valence-electron chi connectivity index (χ2n) is 21.6. The minimum atomic E-state index is 0.0619. The summed E-state index contributed by atoms with van der Waals surface area (Å²) < 4.78 is 0. The second kappa shape index (κ2) is 6.53. The molecule has 0 heteroatoms. The van der Waals surface area contributed by atoms with E-state index in [0.717, 1.165) is 0 Å². The molecule has 12 rings (SSSR count). The van der Waals surface area contributed by atoms with Gasteiger partial charge in [0.2, 0.25) is 0 Å². The normalized spacial score (nSPS) is 67.5. The molecule has 0 aliphatic heterocycles. The lowest BCUT2D eigenvalue weighted by Gasteiger charge is -2.83. The molecule has 12 aliphatic carbocycles. The monoisotopic (exact) mass is 546 g/mol. The Morgan fingerprint density at radius 1 is 0.293 bits per heavy atom. The first kappa shape index (κ1) is 26.1. The lowest BCUT2D eigenvalue weighted by molar-refractivity contribution is -0.326. The number of rotatable bonds is 2. The summed E-state index contributed by atoms with van der Waals surface area (Å²) in [5, 5.41) is 0. The van der Waals surface area contributed by atoms with Crippen LogP contribution in [0, 0.1) is 102 Å². The summed E-state index contributed by atoms with van der Waals surface area (Å²) in [5.74, 6) is 10.7. The largest absolute Gasteiger partial charge is 0.120 e. The highest BCUT2D eigenvalue weighted by Gasteiger charge is 2.80. The third-order valence-corrected chi connectivity index (χ3v) is 16.7. The van der Waals surface area contributed by atoms with Gasteiger partial charge < -0.3 is 0 Å². The lowest BCUT2D eigenvalue weighted by Crippen LogP contribution is -2.74. The van der Waals surface area contributed by atoms with Gasteiger partial charge in [-0.2, -0.15) is 0 Å². The Bertz CT molecular complexity index is 1290. The van der Waals surface area contributed by atoms with Crippen molar-refractivity contribution in [1.82, 2.24) is 0 Å². The molecule has 6 atom stereocenters. The summed E-state index contributed by atoms with van der Waals surface area (Å²) in [6.07, 6.45) is 44.0. The molecule has 12 bridgehead atoms. The fraction of sp³-hybridized carbons (Fsp3) is 0.854. The molecule has 0 nitrogen and oxygen atoms in total. The van der Waals surface area contributed by atoms with Crippen molar-refractivity contribution < 1.29 is 0 Å². The molecule has 0 saturated heterocycles. The Morgan fingerprint density at radius 2 is 0.512 bits per heavy atom. The van der Waals surface area contributed by atoms with Gasteiger partial charge in [-0.15, -0.1) is 19.3 Å². The van der Waals surface area contributed by atoms with Crippen molar-refractivity contribution >= 4 is 0 Å². The maximum Gasteiger partial charge on any atom is 0.0328 e. The smallest absolute Gasteiger partial charge is 0.0328 e. The van der Waals surface area contributed by atoms with Crippen LogP contribution in [-0.4, -0.2) is 0 Å². The summed E-state index contributed by atoms with van der Waals surface area (Å²) in [5.41, 5.74) is 3.58. The predicted molar refractivity (Wildman–Crippen MR) is 167 cm³/mol. The van der Waals surface area contributed by atoms with Gasteiger partial charge in [0.15, 0.2) is 0 Å². The molecule has 12 aliphatic rings. The van der Waals surface area contributed by atoms with Gasteiger partial charge in [0, 0.05) is 16.2 Å². The summed E-state index contributed by atoms with van der Waals surface area (Å²) in [4.78, 5) is 0. The predicted octanol–water partition coefficient (Wildman–Crippen LogP) is 9.97. The average molecular weight is 547 g/mol. The molecular weight excluding hydrogens is 492 g/mol. The Hall–Kier alpha value is -1.32. The highest BCUT2D eigenvalue weighted by atomic mass is 14.8. The Balaban J connectivity index is 1.25. The van der Waals surface area contributed by atoms with Crippen molar-refractivity contribution in [2.24, 2.45) is 65.0 Å². The van der Waals surface area contributed by atoms with Crippen molar-refractivity contribution in [2.75, 3.05) is 0 Å². The third kappa shape index (κ3) is 2.91. The van der Waals surface area contributed by atoms with Crippen LogP contribution in [0.4, 0.5) is 0 Å². The lowest BCUT2D eigenvalue weighted by atomic mass is 9.21. The van der Waals surface area contributed by atoms with E-state index in [1.165, 1.54) is 116 Å². The van der Waals surface area contributed by atoms with Crippen molar-refractivity contribution in [3.05, 3.63) is 0 Å². The summed E-state index contributed by atoms with van der Waals surface area (Å²) in [7, 11) is 0. The zero-order chi connectivity index (χ0) is 28.8. The average Bonchev–Trinajstić information content (AvgIpc) is 2.78. The van der Waals surface area contributed by atoms with Crippen LogP contribution in [0.2, 0.25) is 0 Å². The van der Waals surface area contributed by atoms with E-state index in [2.05, 4.69) is 52.4 Å². The molecule has 0 amide bonds. The molecule has 0 radical (unpaired) electrons. The van der Waals surface area contributed by atoms with E-state index in [0.29, 0.717) is 48.7 Å². The summed E-state index contributed by atoms with van der Waals surface area (Å²) in [6.45, 7) is 13.2. The highest BCUT2D eigenvalue weighted by molar-refractivity contribution is 5.35. The van der Waals surface area contributed by atoms with Gasteiger partial charge in [-0.25, -0.2) is 0 Å². The van der Waals surface area contributed by atoms with Gasteiger partial charge in [-0.3, -0.25) is 0 Å². The molecule has 0 spiro atoms. The van der Waals surface area contributed by atoms with Gasteiger partial charge in [0.05, 0.1) is 0 Å². The maximum absolute atomic E-state index is 6.78. The van der Waals surface area contributed by atoms with Gasteiger partial charge in [0.1, 0.15) is 0 Å². The molecule has 12 saturated carbocycles. The third-order valence-electron chi connectivity index (χ3n) is 16.7. The molecule has 41 heavy (non-hydrogen) atoms. The minimum Gasteiger partial charge on any atom is -0.120 e. The maximum atomic E-state index is 6.78. The quantitative estimate of drug-likeness (QED) is 0.302. The van der Waals surface area contributed by atoms with E-state index in [4.69, 9.17) is 19.3 Å². The second-order valence-corrected chi connectivity index (χ2v) is 21.6. The van der Waals surface area contributed by atoms with Crippen molar-refractivity contribution in [1.29, 1.82) is 0 Å². The van der Waals surface area contributed by atoms with Crippen LogP contribution in [-0.2, 0) is 0 Å². The fourth-order valence-corrected chi connectivity index (χ4v) is 19.2. The first-order valence-corrected chi connectivity index (χ1v) is 17.3. The fourth-order valence-electron chi connectivity index (χ4n) is 19.2. The van der Waals surface area contributed by atoms with E-state index < -0.39 is 0 Å². The first-order valence-electron chi connectivity index (χ1n) is 17.3. The Morgan fingerprint density at radius 3 is 0.780 bits per heavy atom. The number of hydrogen-bond acceptors (Lipinski definition) is 0. The molecule has 218 valence electrons.